The van der Waals surface area contributed by atoms with Crippen LogP contribution >= 0.6 is 23.4 Å². The minimum Gasteiger partial charge on any atom is -0.387 e. The first-order chi connectivity index (χ1) is 11.5. The number of ether oxygens (including phenoxy) is 1. The molecule has 2 unspecified atom stereocenters. The van der Waals surface area contributed by atoms with Crippen molar-refractivity contribution in [2.75, 3.05) is 12.4 Å². The van der Waals surface area contributed by atoms with E-state index in [4.69, 9.17) is 16.3 Å². The molecular formula is C16H22ClN3O3S. The van der Waals surface area contributed by atoms with Crippen LogP contribution in [0, 0.1) is 13.8 Å². The van der Waals surface area contributed by atoms with E-state index in [1.807, 2.05) is 25.3 Å². The van der Waals surface area contributed by atoms with Crippen LogP contribution in [0.4, 0.5) is 0 Å². The summed E-state index contributed by atoms with van der Waals surface area (Å²) < 4.78 is 7.28. The first-order valence-corrected chi connectivity index (χ1v) is 9.47. The van der Waals surface area contributed by atoms with Gasteiger partial charge in [-0.1, -0.05) is 11.6 Å². The van der Waals surface area contributed by atoms with Crippen LogP contribution in [0.2, 0.25) is 5.15 Å². The molecule has 0 bridgehead atoms. The number of imidazole rings is 1. The SMILES string of the molecule is CCOCc1nc2c(C)c(C)n(C3CCS[C@@H](O)C3O)c(Cl)c-2n1. The molecule has 0 aromatic rings. The van der Waals surface area contributed by atoms with Gasteiger partial charge in [-0.3, -0.25) is 0 Å². The summed E-state index contributed by atoms with van der Waals surface area (Å²) >= 11 is 7.99. The molecule has 0 spiro atoms. The summed E-state index contributed by atoms with van der Waals surface area (Å²) in [4.78, 5) is 9.05. The second-order valence-corrected chi connectivity index (χ2v) is 7.54. The van der Waals surface area contributed by atoms with E-state index in [0.717, 1.165) is 29.1 Å². The molecule has 1 saturated heterocycles. The molecule has 0 aromatic carbocycles. The van der Waals surface area contributed by atoms with Gasteiger partial charge in [-0.15, -0.1) is 11.8 Å². The third-order valence-electron chi connectivity index (χ3n) is 4.53. The van der Waals surface area contributed by atoms with Gasteiger partial charge in [0, 0.05) is 12.3 Å². The number of thioether (sulfide) groups is 1. The standard InChI is InChI=1S/C16H22ClN3O3S/c1-4-23-7-11-18-12-8(2)9(3)20(15(17)13(12)19-11)10-5-6-24-16(22)14(10)21/h10,14,16,21-22H,4-7H2,1-3H3/t10?,14?,16-/m1/s1. The molecule has 1 fully saturated rings. The van der Waals surface area contributed by atoms with Crippen LogP contribution < -0.4 is 0 Å². The molecule has 0 radical (unpaired) electrons. The molecular weight excluding hydrogens is 350 g/mol. The van der Waals surface area contributed by atoms with E-state index >= 15 is 0 Å². The minimum absolute atomic E-state index is 0.274. The van der Waals surface area contributed by atoms with Crippen LogP contribution in [0.3, 0.4) is 0 Å². The third kappa shape index (κ3) is 3.04. The number of hydrogen-bond acceptors (Lipinski definition) is 6. The summed E-state index contributed by atoms with van der Waals surface area (Å²) in [5.41, 5.74) is 2.49. The summed E-state index contributed by atoms with van der Waals surface area (Å²) in [5.74, 6) is 1.37. The summed E-state index contributed by atoms with van der Waals surface area (Å²) in [7, 11) is 0. The second kappa shape index (κ2) is 7.17. The average Bonchev–Trinajstić information content (AvgIpc) is 2.99. The van der Waals surface area contributed by atoms with E-state index < -0.39 is 11.5 Å². The second-order valence-electron chi connectivity index (χ2n) is 5.95. The predicted molar refractivity (Wildman–Crippen MR) is 94.6 cm³/mol. The zero-order valence-electron chi connectivity index (χ0n) is 14.0. The van der Waals surface area contributed by atoms with E-state index in [2.05, 4.69) is 9.97 Å². The highest BCUT2D eigenvalue weighted by Crippen LogP contribution is 2.40. The third-order valence-corrected chi connectivity index (χ3v) is 5.98. The largest absolute Gasteiger partial charge is 0.387 e. The van der Waals surface area contributed by atoms with E-state index in [9.17, 15) is 10.2 Å². The number of aromatic nitrogens is 3. The highest BCUT2D eigenvalue weighted by molar-refractivity contribution is 7.99. The van der Waals surface area contributed by atoms with Gasteiger partial charge in [0.05, 0.1) is 11.7 Å². The van der Waals surface area contributed by atoms with Gasteiger partial charge in [-0.05, 0) is 38.5 Å². The van der Waals surface area contributed by atoms with E-state index in [1.165, 1.54) is 11.8 Å². The Morgan fingerprint density at radius 2 is 2.00 bits per heavy atom. The molecule has 0 aliphatic carbocycles. The maximum absolute atomic E-state index is 10.4. The first-order valence-electron chi connectivity index (χ1n) is 8.04. The van der Waals surface area contributed by atoms with Crippen LogP contribution in [0.5, 0.6) is 0 Å². The first kappa shape index (κ1) is 17.9. The molecule has 0 aromatic heterocycles. The van der Waals surface area contributed by atoms with Gasteiger partial charge in [0.25, 0.3) is 0 Å². The molecule has 0 amide bonds. The Bertz CT molecular complexity index is 709. The summed E-state index contributed by atoms with van der Waals surface area (Å²) in [6.45, 7) is 6.80. The topological polar surface area (TPSA) is 80.4 Å². The number of rotatable bonds is 4. The smallest absolute Gasteiger partial charge is 0.155 e. The fourth-order valence-corrected chi connectivity index (χ4v) is 4.49. The molecule has 24 heavy (non-hydrogen) atoms. The predicted octanol–water partition coefficient (Wildman–Crippen LogP) is 2.55. The zero-order chi connectivity index (χ0) is 17.4. The average molecular weight is 372 g/mol. The Kier molecular flexibility index (Phi) is 5.36. The van der Waals surface area contributed by atoms with Crippen LogP contribution in [-0.4, -0.2) is 48.6 Å². The lowest BCUT2D eigenvalue weighted by Gasteiger charge is -2.35. The van der Waals surface area contributed by atoms with Crippen molar-refractivity contribution in [3.05, 3.63) is 22.2 Å². The van der Waals surface area contributed by atoms with Crippen molar-refractivity contribution in [3.8, 4) is 11.4 Å². The van der Waals surface area contributed by atoms with Gasteiger partial charge >= 0.3 is 0 Å². The number of fused-ring (bicyclic) bond motifs is 1. The molecule has 8 heteroatoms. The van der Waals surface area contributed by atoms with Crippen molar-refractivity contribution in [1.82, 2.24) is 14.5 Å². The summed E-state index contributed by atoms with van der Waals surface area (Å²) in [6.07, 6.45) is -0.133. The Labute approximate surface area is 150 Å². The summed E-state index contributed by atoms with van der Waals surface area (Å²) in [6, 6.07) is -0.274. The quantitative estimate of drug-likeness (QED) is 0.804. The maximum Gasteiger partial charge on any atom is 0.155 e. The van der Waals surface area contributed by atoms with Gasteiger partial charge < -0.3 is 19.5 Å². The van der Waals surface area contributed by atoms with Crippen molar-refractivity contribution in [2.24, 2.45) is 0 Å². The lowest BCUT2D eigenvalue weighted by Crippen LogP contribution is -2.38. The van der Waals surface area contributed by atoms with Gasteiger partial charge in [0.15, 0.2) is 5.82 Å². The molecule has 3 heterocycles. The molecule has 3 aliphatic rings. The van der Waals surface area contributed by atoms with Crippen LogP contribution in [0.1, 0.15) is 36.5 Å². The monoisotopic (exact) mass is 371 g/mol. The van der Waals surface area contributed by atoms with Crippen molar-refractivity contribution < 1.29 is 14.9 Å². The Morgan fingerprint density at radius 1 is 1.29 bits per heavy atom. The van der Waals surface area contributed by atoms with E-state index in [1.54, 1.807) is 0 Å². The normalized spacial score (nSPS) is 24.7. The fourth-order valence-electron chi connectivity index (χ4n) is 3.11. The van der Waals surface area contributed by atoms with Crippen molar-refractivity contribution >= 4 is 23.4 Å². The van der Waals surface area contributed by atoms with E-state index in [-0.39, 0.29) is 6.04 Å². The molecule has 2 N–H and O–H groups in total. The lowest BCUT2D eigenvalue weighted by molar-refractivity contribution is 0.0261. The number of pyridine rings is 1. The summed E-state index contributed by atoms with van der Waals surface area (Å²) in [5, 5.41) is 20.9. The van der Waals surface area contributed by atoms with Crippen LogP contribution in [0.25, 0.3) is 11.4 Å². The Hall–Kier alpha value is -0.860. The van der Waals surface area contributed by atoms with Gasteiger partial charge in [-0.25, -0.2) is 9.97 Å². The fraction of sp³-hybridized carbons (Fsp3) is 0.625. The van der Waals surface area contributed by atoms with Gasteiger partial charge in [0.2, 0.25) is 0 Å². The van der Waals surface area contributed by atoms with Crippen LogP contribution in [-0.2, 0) is 11.3 Å². The molecule has 0 saturated carbocycles. The number of halogens is 1. The van der Waals surface area contributed by atoms with Crippen molar-refractivity contribution in [2.45, 2.75) is 51.4 Å². The lowest BCUT2D eigenvalue weighted by atomic mass is 10.0. The number of aliphatic hydroxyl groups is 2. The van der Waals surface area contributed by atoms with Gasteiger partial charge in [-0.2, -0.15) is 0 Å². The number of nitrogens with zero attached hydrogens (tertiary/aromatic N) is 3. The Morgan fingerprint density at radius 3 is 2.71 bits per heavy atom. The number of aliphatic hydroxyl groups excluding tert-OH is 2. The van der Waals surface area contributed by atoms with Crippen molar-refractivity contribution in [1.29, 1.82) is 0 Å². The van der Waals surface area contributed by atoms with Gasteiger partial charge in [0.1, 0.15) is 29.0 Å². The highest BCUT2D eigenvalue weighted by atomic mass is 35.5. The molecule has 132 valence electrons. The van der Waals surface area contributed by atoms with Crippen molar-refractivity contribution in [3.63, 3.8) is 0 Å². The van der Waals surface area contributed by atoms with E-state index in [0.29, 0.717) is 29.9 Å². The Balaban J connectivity index is 2.10. The number of hydrogen-bond donors (Lipinski definition) is 2. The molecule has 6 nitrogen and oxygen atoms in total. The minimum atomic E-state index is -0.868. The molecule has 3 aliphatic heterocycles. The molecule has 3 atom stereocenters. The highest BCUT2D eigenvalue weighted by Gasteiger charge is 2.35. The van der Waals surface area contributed by atoms with Crippen LogP contribution in [0.15, 0.2) is 0 Å². The molecule has 3 rings (SSSR count). The zero-order valence-corrected chi connectivity index (χ0v) is 15.6. The maximum atomic E-state index is 10.4.